The molecule has 0 bridgehead atoms. The van der Waals surface area contributed by atoms with Gasteiger partial charge in [-0.25, -0.2) is 14.6 Å². The first kappa shape index (κ1) is 48.2. The van der Waals surface area contributed by atoms with Crippen molar-refractivity contribution in [2.45, 2.75) is 111 Å². The first-order valence-electron chi connectivity index (χ1n) is 21.7. The van der Waals surface area contributed by atoms with Crippen molar-refractivity contribution < 1.29 is 29.0 Å². The molecule has 13 heteroatoms. The van der Waals surface area contributed by atoms with Crippen LogP contribution in [0.2, 0.25) is 0 Å². The highest BCUT2D eigenvalue weighted by Crippen LogP contribution is 2.33. The Morgan fingerprint density at radius 3 is 2.38 bits per heavy atom. The van der Waals surface area contributed by atoms with Crippen molar-refractivity contribution in [3.05, 3.63) is 95.8 Å². The number of carbonyl (C=O) groups is 4. The number of unbranched alkanes of at least 4 members (excludes halogenated alkanes) is 3. The van der Waals surface area contributed by atoms with Crippen LogP contribution in [-0.4, -0.2) is 95.4 Å². The summed E-state index contributed by atoms with van der Waals surface area (Å²) in [5, 5.41) is 19.9. The number of aliphatic hydroxyl groups excluding tert-OH is 1. The van der Waals surface area contributed by atoms with E-state index in [9.17, 15) is 19.5 Å². The van der Waals surface area contributed by atoms with E-state index in [1.54, 1.807) is 14.8 Å². The van der Waals surface area contributed by atoms with Crippen LogP contribution in [0.5, 0.6) is 0 Å². The molecule has 5 amide bonds. The van der Waals surface area contributed by atoms with Gasteiger partial charge in [-0.05, 0) is 60.9 Å². The van der Waals surface area contributed by atoms with Gasteiger partial charge in [-0.2, -0.15) is 0 Å². The second-order valence-corrected chi connectivity index (χ2v) is 16.8. The number of para-hydroxylation sites is 1. The predicted molar refractivity (Wildman–Crippen MR) is 239 cm³/mol. The summed E-state index contributed by atoms with van der Waals surface area (Å²) in [7, 11) is 1.29. The highest BCUT2D eigenvalue weighted by atomic mass is 16.5. The zero-order valence-corrected chi connectivity index (χ0v) is 37.2. The Balaban J connectivity index is 1.74. The number of aliphatic hydroxyl groups is 1. The fourth-order valence-corrected chi connectivity index (χ4v) is 7.75. The van der Waals surface area contributed by atoms with Gasteiger partial charge in [0, 0.05) is 43.9 Å². The molecule has 0 aliphatic carbocycles. The molecule has 5 atom stereocenters. The molecule has 1 saturated heterocycles. The SMILES string of the molecule is CCCCCC#CCN(CC(O)C(Cc1ccccc1)N(C(=O)C(C(C)CC)C1CNC(=O)N1Cc1cccc(C)n1)c1ccccc1)NC(=O)CC(C)(C)CNC(=O)OC. The van der Waals surface area contributed by atoms with Crippen LogP contribution in [0.25, 0.3) is 0 Å². The first-order chi connectivity index (χ1) is 29.3. The number of nitrogens with one attached hydrogen (secondary N) is 3. The normalized spacial score (nSPS) is 15.8. The Hall–Kier alpha value is -5.45. The maximum atomic E-state index is 15.7. The summed E-state index contributed by atoms with van der Waals surface area (Å²) in [4.78, 5) is 62.8. The van der Waals surface area contributed by atoms with E-state index in [0.29, 0.717) is 24.9 Å². The van der Waals surface area contributed by atoms with Crippen molar-refractivity contribution in [3.8, 4) is 11.8 Å². The fourth-order valence-electron chi connectivity index (χ4n) is 7.75. The van der Waals surface area contributed by atoms with Crippen LogP contribution in [0.3, 0.4) is 0 Å². The molecular formula is C48H67N7O6. The molecule has 5 unspecified atom stereocenters. The van der Waals surface area contributed by atoms with E-state index < -0.39 is 35.6 Å². The Labute approximate surface area is 363 Å². The standard InChI is InChI=1S/C48H67N7O6/c1-8-10-11-12-13-20-28-53(52-43(57)30-48(5,6)34-50-47(60)61-7)33-42(56)40(29-37-23-16-14-17-24-37)55(39-26-18-15-19-27-39)45(58)44(35(3)9-2)41-31-49-46(59)54(41)32-38-25-21-22-36(4)51-38/h14-19,21-27,35,40-42,44,56H,8-12,28-34H2,1-7H3,(H,49,59)(H,50,60)(H,52,57). The summed E-state index contributed by atoms with van der Waals surface area (Å²) in [6.45, 7) is 12.7. The van der Waals surface area contributed by atoms with Crippen molar-refractivity contribution in [1.82, 2.24) is 31.0 Å². The number of nitrogens with zero attached hydrogens (tertiary/aromatic N) is 4. The number of hydrazine groups is 1. The number of rotatable bonds is 22. The molecule has 61 heavy (non-hydrogen) atoms. The van der Waals surface area contributed by atoms with Crippen LogP contribution in [0, 0.1) is 36.0 Å². The number of hydrogen-bond donors (Lipinski definition) is 4. The zero-order valence-electron chi connectivity index (χ0n) is 37.2. The van der Waals surface area contributed by atoms with Crippen LogP contribution in [0.4, 0.5) is 15.3 Å². The van der Waals surface area contributed by atoms with E-state index in [1.807, 2.05) is 113 Å². The minimum absolute atomic E-state index is 0.0487. The third-order valence-corrected chi connectivity index (χ3v) is 11.2. The molecular weight excluding hydrogens is 771 g/mol. The molecule has 13 nitrogen and oxygen atoms in total. The minimum Gasteiger partial charge on any atom is -0.453 e. The van der Waals surface area contributed by atoms with Gasteiger partial charge in [0.15, 0.2) is 0 Å². The van der Waals surface area contributed by atoms with Gasteiger partial charge in [-0.1, -0.05) is 114 Å². The highest BCUT2D eigenvalue weighted by Gasteiger charge is 2.46. The topological polar surface area (TPSA) is 156 Å². The van der Waals surface area contributed by atoms with Gasteiger partial charge in [0.25, 0.3) is 0 Å². The number of benzene rings is 2. The summed E-state index contributed by atoms with van der Waals surface area (Å²) in [6, 6.07) is 23.2. The number of aryl methyl sites for hydroxylation is 1. The van der Waals surface area contributed by atoms with Gasteiger partial charge < -0.3 is 30.3 Å². The van der Waals surface area contributed by atoms with Gasteiger partial charge in [-0.15, -0.1) is 5.92 Å². The minimum atomic E-state index is -1.19. The molecule has 1 aliphatic heterocycles. The van der Waals surface area contributed by atoms with Gasteiger partial charge in [-0.3, -0.25) is 20.0 Å². The average Bonchev–Trinajstić information content (AvgIpc) is 3.59. The van der Waals surface area contributed by atoms with E-state index in [0.717, 1.165) is 36.2 Å². The molecule has 330 valence electrons. The largest absolute Gasteiger partial charge is 0.453 e. The van der Waals surface area contributed by atoms with Crippen molar-refractivity contribution in [2.24, 2.45) is 17.3 Å². The number of pyridine rings is 1. The van der Waals surface area contributed by atoms with Crippen molar-refractivity contribution in [3.63, 3.8) is 0 Å². The summed E-state index contributed by atoms with van der Waals surface area (Å²) >= 11 is 0. The number of aromatic nitrogens is 1. The number of amides is 5. The molecule has 4 N–H and O–H groups in total. The van der Waals surface area contributed by atoms with Gasteiger partial charge in [0.2, 0.25) is 11.8 Å². The number of ether oxygens (including phenoxy) is 1. The maximum Gasteiger partial charge on any atom is 0.406 e. The van der Waals surface area contributed by atoms with Gasteiger partial charge in [0.05, 0.1) is 50.0 Å². The van der Waals surface area contributed by atoms with Crippen LogP contribution < -0.4 is 21.0 Å². The monoisotopic (exact) mass is 838 g/mol. The third kappa shape index (κ3) is 14.9. The molecule has 0 spiro atoms. The molecule has 2 heterocycles. The van der Waals surface area contributed by atoms with Crippen molar-refractivity contribution >= 4 is 29.6 Å². The lowest BCUT2D eigenvalue weighted by atomic mass is 9.82. The van der Waals surface area contributed by atoms with Gasteiger partial charge in [0.1, 0.15) is 0 Å². The van der Waals surface area contributed by atoms with Crippen molar-refractivity contribution in [1.29, 1.82) is 0 Å². The lowest BCUT2D eigenvalue weighted by Gasteiger charge is -2.42. The molecule has 2 aromatic carbocycles. The molecule has 3 aromatic rings. The maximum absolute atomic E-state index is 15.7. The Bertz CT molecular complexity index is 1920. The summed E-state index contributed by atoms with van der Waals surface area (Å²) < 4.78 is 4.72. The lowest BCUT2D eigenvalue weighted by Crippen LogP contribution is -2.58. The van der Waals surface area contributed by atoms with Crippen molar-refractivity contribution in [2.75, 3.05) is 38.2 Å². The smallest absolute Gasteiger partial charge is 0.406 e. The number of methoxy groups -OCH3 is 1. The lowest BCUT2D eigenvalue weighted by molar-refractivity contribution is -0.129. The van der Waals surface area contributed by atoms with E-state index in [-0.39, 0.29) is 62.9 Å². The highest BCUT2D eigenvalue weighted by molar-refractivity contribution is 5.97. The van der Waals surface area contributed by atoms with Crippen LogP contribution in [0.15, 0.2) is 78.9 Å². The Morgan fingerprint density at radius 2 is 1.72 bits per heavy atom. The van der Waals surface area contributed by atoms with E-state index in [4.69, 9.17) is 4.74 Å². The fraction of sp³-hybridized carbons (Fsp3) is 0.521. The molecule has 4 rings (SSSR count). The summed E-state index contributed by atoms with van der Waals surface area (Å²) in [6.07, 6.45) is 3.08. The Morgan fingerprint density at radius 1 is 1.02 bits per heavy atom. The number of alkyl carbamates (subject to hydrolysis) is 1. The number of hydrogen-bond acceptors (Lipinski definition) is 8. The number of urea groups is 1. The zero-order chi connectivity index (χ0) is 44.4. The Kier molecular flexibility index (Phi) is 19.1. The third-order valence-electron chi connectivity index (χ3n) is 11.2. The summed E-state index contributed by atoms with van der Waals surface area (Å²) in [5.41, 5.74) is 5.46. The molecule has 0 radical (unpaired) electrons. The van der Waals surface area contributed by atoms with Crippen LogP contribution in [0.1, 0.15) is 90.1 Å². The quantitative estimate of drug-likeness (QED) is 0.0499. The van der Waals surface area contributed by atoms with E-state index in [1.165, 1.54) is 7.11 Å². The number of anilines is 1. The predicted octanol–water partition coefficient (Wildman–Crippen LogP) is 6.64. The van der Waals surface area contributed by atoms with E-state index in [2.05, 4.69) is 39.8 Å². The second kappa shape index (κ2) is 24.1. The first-order valence-corrected chi connectivity index (χ1v) is 21.7. The molecule has 1 aliphatic rings. The van der Waals surface area contributed by atoms with E-state index >= 15 is 4.79 Å². The number of carbonyl (C=O) groups excluding carboxylic acids is 4. The van der Waals surface area contributed by atoms with Crippen LogP contribution in [-0.2, 0) is 27.3 Å². The summed E-state index contributed by atoms with van der Waals surface area (Å²) in [5.74, 6) is 5.10. The second-order valence-electron chi connectivity index (χ2n) is 16.8. The average molecular weight is 838 g/mol. The molecule has 1 aromatic heterocycles. The molecule has 0 saturated carbocycles. The molecule has 1 fully saturated rings. The van der Waals surface area contributed by atoms with Crippen LogP contribution >= 0.6 is 0 Å². The van der Waals surface area contributed by atoms with Gasteiger partial charge >= 0.3 is 12.1 Å².